The Hall–Kier alpha value is -1.30. The Labute approximate surface area is 151 Å². The highest BCUT2D eigenvalue weighted by molar-refractivity contribution is 6.60. The van der Waals surface area contributed by atoms with Crippen molar-refractivity contribution in [3.05, 3.63) is 0 Å². The van der Waals surface area contributed by atoms with Crippen LogP contribution in [0.3, 0.4) is 0 Å². The minimum Gasteiger partial charge on any atom is -0.374 e. The molecule has 0 spiro atoms. The smallest absolute Gasteiger partial charge is 0.374 e. The van der Waals surface area contributed by atoms with Crippen molar-refractivity contribution in [3.63, 3.8) is 0 Å². The summed E-state index contributed by atoms with van der Waals surface area (Å²) in [6.45, 7) is 7.16. The number of carbonyl (C=O) groups is 3. The molecule has 0 bridgehead atoms. The summed E-state index contributed by atoms with van der Waals surface area (Å²) in [5, 5.41) is 2.19. The molecule has 0 aromatic heterocycles. The van der Waals surface area contributed by atoms with Crippen molar-refractivity contribution in [2.45, 2.75) is 46.3 Å². The maximum absolute atomic E-state index is 12.5. The first-order valence-electron chi connectivity index (χ1n) is 8.35. The van der Waals surface area contributed by atoms with Crippen molar-refractivity contribution in [2.75, 3.05) is 26.4 Å². The monoisotopic (exact) mass is 401 g/mol. The van der Waals surface area contributed by atoms with Crippen LogP contribution in [-0.2, 0) is 27.7 Å². The number of rotatable bonds is 13. The van der Waals surface area contributed by atoms with Crippen molar-refractivity contribution in [1.82, 2.24) is 5.32 Å². The van der Waals surface area contributed by atoms with Crippen LogP contribution in [0.2, 0.25) is 6.04 Å². The number of amides is 1. The van der Waals surface area contributed by atoms with Gasteiger partial charge in [0.2, 0.25) is 5.91 Å². The molecular weight excluding hydrogens is 375 g/mol. The van der Waals surface area contributed by atoms with Gasteiger partial charge >= 0.3 is 15.0 Å². The molecule has 11 heteroatoms. The lowest BCUT2D eigenvalue weighted by Gasteiger charge is -2.28. The Morgan fingerprint density at radius 3 is 1.81 bits per heavy atom. The standard InChI is InChI=1S/C15H26F3NO6Si/c1-5-23-26(24-6-2,25-7-3)10-8-9-19-14(22)12(11(4)20)13(21)15(16,17)18/h12H,5-10H2,1-4H3,(H,19,22). The molecule has 0 aromatic rings. The van der Waals surface area contributed by atoms with Crippen molar-refractivity contribution >= 4 is 26.3 Å². The summed E-state index contributed by atoms with van der Waals surface area (Å²) in [5.74, 6) is -7.19. The van der Waals surface area contributed by atoms with Crippen LogP contribution in [0.4, 0.5) is 13.2 Å². The number of Topliss-reactive ketones (excluding diaryl/α,β-unsaturated/α-hetero) is 2. The molecule has 0 aliphatic heterocycles. The average Bonchev–Trinajstić information content (AvgIpc) is 2.51. The van der Waals surface area contributed by atoms with Crippen LogP contribution in [0.5, 0.6) is 0 Å². The van der Waals surface area contributed by atoms with Crippen LogP contribution in [-0.4, -0.2) is 58.8 Å². The lowest BCUT2D eigenvalue weighted by Crippen LogP contribution is -2.47. The molecule has 0 radical (unpaired) electrons. The van der Waals surface area contributed by atoms with Crippen molar-refractivity contribution in [3.8, 4) is 0 Å². The highest BCUT2D eigenvalue weighted by Crippen LogP contribution is 2.22. The zero-order valence-electron chi connectivity index (χ0n) is 15.4. The molecule has 0 heterocycles. The summed E-state index contributed by atoms with van der Waals surface area (Å²) >= 11 is 0. The molecule has 0 aromatic carbocycles. The van der Waals surface area contributed by atoms with Gasteiger partial charge in [0.05, 0.1) is 0 Å². The molecule has 1 unspecified atom stereocenters. The Kier molecular flexibility index (Phi) is 10.8. The summed E-state index contributed by atoms with van der Waals surface area (Å²) in [4.78, 5) is 34.4. The third-order valence-electron chi connectivity index (χ3n) is 3.26. The Morgan fingerprint density at radius 2 is 1.46 bits per heavy atom. The third-order valence-corrected chi connectivity index (χ3v) is 6.41. The normalized spacial score (nSPS) is 13.3. The third kappa shape index (κ3) is 7.93. The van der Waals surface area contributed by atoms with Gasteiger partial charge in [0.1, 0.15) is 5.78 Å². The first-order valence-corrected chi connectivity index (χ1v) is 10.3. The molecule has 1 amide bonds. The van der Waals surface area contributed by atoms with Gasteiger partial charge in [0, 0.05) is 32.4 Å². The average molecular weight is 401 g/mol. The van der Waals surface area contributed by atoms with E-state index in [2.05, 4.69) is 5.32 Å². The van der Waals surface area contributed by atoms with Crippen LogP contribution < -0.4 is 5.32 Å². The quantitative estimate of drug-likeness (QED) is 0.288. The molecule has 0 fully saturated rings. The minimum absolute atomic E-state index is 0.0459. The number of ketones is 2. The van der Waals surface area contributed by atoms with Crippen LogP contribution >= 0.6 is 0 Å². The lowest BCUT2D eigenvalue weighted by molar-refractivity contribution is -0.177. The number of alkyl halides is 3. The highest BCUT2D eigenvalue weighted by atomic mass is 28.4. The van der Waals surface area contributed by atoms with Gasteiger partial charge in [-0.05, 0) is 34.1 Å². The fourth-order valence-corrected chi connectivity index (χ4v) is 4.88. The van der Waals surface area contributed by atoms with E-state index in [-0.39, 0.29) is 6.54 Å². The first-order chi connectivity index (χ1) is 12.0. The van der Waals surface area contributed by atoms with Crippen LogP contribution in [0, 0.1) is 5.92 Å². The number of nitrogens with one attached hydrogen (secondary N) is 1. The number of hydrogen-bond acceptors (Lipinski definition) is 6. The molecule has 0 saturated carbocycles. The molecular formula is C15H26F3NO6Si. The van der Waals surface area contributed by atoms with E-state index in [1.807, 2.05) is 0 Å². The maximum atomic E-state index is 12.5. The van der Waals surface area contributed by atoms with E-state index in [1.165, 1.54) is 0 Å². The van der Waals surface area contributed by atoms with E-state index in [0.29, 0.717) is 32.3 Å². The van der Waals surface area contributed by atoms with Gasteiger partial charge in [-0.1, -0.05) is 0 Å². The van der Waals surface area contributed by atoms with Gasteiger partial charge in [-0.25, -0.2) is 0 Å². The second-order valence-corrected chi connectivity index (χ2v) is 8.01. The van der Waals surface area contributed by atoms with E-state index < -0.39 is 38.4 Å². The van der Waals surface area contributed by atoms with E-state index >= 15 is 0 Å². The predicted octanol–water partition coefficient (Wildman–Crippen LogP) is 1.88. The van der Waals surface area contributed by atoms with E-state index in [9.17, 15) is 27.6 Å². The zero-order valence-corrected chi connectivity index (χ0v) is 16.4. The molecule has 26 heavy (non-hydrogen) atoms. The molecule has 1 N–H and O–H groups in total. The van der Waals surface area contributed by atoms with E-state index in [1.54, 1.807) is 20.8 Å². The molecule has 0 aliphatic rings. The van der Waals surface area contributed by atoms with Gasteiger partial charge in [0.25, 0.3) is 5.78 Å². The molecule has 1 atom stereocenters. The summed E-state index contributed by atoms with van der Waals surface area (Å²) < 4.78 is 54.3. The zero-order chi connectivity index (χ0) is 20.4. The summed E-state index contributed by atoms with van der Waals surface area (Å²) in [6.07, 6.45) is -4.96. The maximum Gasteiger partial charge on any atom is 0.500 e. The van der Waals surface area contributed by atoms with E-state index in [4.69, 9.17) is 13.3 Å². The summed E-state index contributed by atoms with van der Waals surface area (Å²) in [6, 6.07) is 0.334. The number of halogens is 3. The van der Waals surface area contributed by atoms with Gasteiger partial charge in [-0.3, -0.25) is 14.4 Å². The second kappa shape index (κ2) is 11.4. The number of carbonyl (C=O) groups excluding carboxylic acids is 3. The fraction of sp³-hybridized carbons (Fsp3) is 0.800. The Balaban J connectivity index is 4.78. The largest absolute Gasteiger partial charge is 0.500 e. The molecule has 7 nitrogen and oxygen atoms in total. The van der Waals surface area contributed by atoms with Gasteiger partial charge < -0.3 is 18.6 Å². The SMILES string of the molecule is CCO[Si](CCCNC(=O)C(C(C)=O)C(=O)C(F)(F)F)(OCC)OCC. The second-order valence-electron chi connectivity index (χ2n) is 5.28. The predicted molar refractivity (Wildman–Crippen MR) is 88.3 cm³/mol. The van der Waals surface area contributed by atoms with Crippen LogP contribution in [0.25, 0.3) is 0 Å². The molecule has 0 rings (SSSR count). The van der Waals surface area contributed by atoms with Crippen molar-refractivity contribution in [1.29, 1.82) is 0 Å². The first kappa shape index (κ1) is 24.7. The fourth-order valence-electron chi connectivity index (χ4n) is 2.27. The van der Waals surface area contributed by atoms with Gasteiger partial charge in [-0.15, -0.1) is 0 Å². The van der Waals surface area contributed by atoms with Crippen molar-refractivity contribution < 1.29 is 40.8 Å². The Bertz CT molecular complexity index is 469. The summed E-state index contributed by atoms with van der Waals surface area (Å²) in [5.41, 5.74) is 0. The molecule has 0 saturated heterocycles. The van der Waals surface area contributed by atoms with E-state index in [0.717, 1.165) is 6.92 Å². The van der Waals surface area contributed by atoms with Gasteiger partial charge in [0.15, 0.2) is 5.92 Å². The van der Waals surface area contributed by atoms with Gasteiger partial charge in [-0.2, -0.15) is 13.2 Å². The molecule has 0 aliphatic carbocycles. The minimum atomic E-state index is -5.26. The molecule has 152 valence electrons. The number of hydrogen-bond donors (Lipinski definition) is 1. The topological polar surface area (TPSA) is 90.9 Å². The van der Waals surface area contributed by atoms with Crippen LogP contribution in [0.1, 0.15) is 34.1 Å². The summed E-state index contributed by atoms with van der Waals surface area (Å²) in [7, 11) is -2.93. The lowest BCUT2D eigenvalue weighted by atomic mass is 9.98. The van der Waals surface area contributed by atoms with Crippen molar-refractivity contribution in [2.24, 2.45) is 5.92 Å². The highest BCUT2D eigenvalue weighted by Gasteiger charge is 2.48. The van der Waals surface area contributed by atoms with Crippen LogP contribution in [0.15, 0.2) is 0 Å². The Morgan fingerprint density at radius 1 is 1.00 bits per heavy atom.